The molecule has 1 aliphatic heterocycles. The molecule has 1 heterocycles. The van der Waals surface area contributed by atoms with Gasteiger partial charge in [0.2, 0.25) is 0 Å². The van der Waals surface area contributed by atoms with Gasteiger partial charge in [-0.2, -0.15) is 9.37 Å². The van der Waals surface area contributed by atoms with E-state index in [-0.39, 0.29) is 12.2 Å². The molecule has 0 saturated heterocycles. The van der Waals surface area contributed by atoms with Crippen LogP contribution in [0.4, 0.5) is 16.2 Å². The summed E-state index contributed by atoms with van der Waals surface area (Å²) in [7, 11) is 4.48. The molecule has 0 saturated carbocycles. The molecule has 0 aromatic heterocycles. The van der Waals surface area contributed by atoms with E-state index in [4.69, 9.17) is 14.2 Å². The Balaban J connectivity index is 1.69. The van der Waals surface area contributed by atoms with E-state index in [2.05, 4.69) is 5.32 Å². The van der Waals surface area contributed by atoms with Crippen molar-refractivity contribution in [1.29, 1.82) is 0 Å². The fourth-order valence-corrected chi connectivity index (χ4v) is 3.86. The number of nitrogens with one attached hydrogen (secondary N) is 1. The molecule has 9 heteroatoms. The zero-order valence-electron chi connectivity index (χ0n) is 19.0. The lowest BCUT2D eigenvalue weighted by Crippen LogP contribution is -2.56. The van der Waals surface area contributed by atoms with Gasteiger partial charge in [0.1, 0.15) is 23.1 Å². The van der Waals surface area contributed by atoms with Gasteiger partial charge in [0.25, 0.3) is 5.91 Å². The molecule has 0 fully saturated rings. The van der Waals surface area contributed by atoms with Gasteiger partial charge in [0.15, 0.2) is 18.0 Å². The number of amides is 4. The molecule has 1 N–H and O–H groups in total. The number of hydrogen-bond donors (Lipinski definition) is 1. The predicted octanol–water partition coefficient (Wildman–Crippen LogP) is 3.01. The van der Waals surface area contributed by atoms with Crippen molar-refractivity contribution in [2.24, 2.45) is 5.92 Å². The summed E-state index contributed by atoms with van der Waals surface area (Å²) >= 11 is 0. The summed E-state index contributed by atoms with van der Waals surface area (Å²) in [5.74, 6) is -0.190. The van der Waals surface area contributed by atoms with Crippen LogP contribution in [0.1, 0.15) is 0 Å². The lowest BCUT2D eigenvalue weighted by atomic mass is 9.94. The monoisotopic (exact) mass is 462 g/mol. The Kier molecular flexibility index (Phi) is 6.44. The van der Waals surface area contributed by atoms with Gasteiger partial charge in [0.05, 0.1) is 21.3 Å². The van der Waals surface area contributed by atoms with Gasteiger partial charge in [-0.15, -0.1) is 4.90 Å². The largest absolute Gasteiger partial charge is 0.506 e. The third-order valence-corrected chi connectivity index (χ3v) is 5.50. The van der Waals surface area contributed by atoms with E-state index >= 15 is 0 Å². The molecule has 174 valence electrons. The Morgan fingerprint density at radius 2 is 1.76 bits per heavy atom. The Morgan fingerprint density at radius 3 is 2.50 bits per heavy atom. The second-order valence-electron chi connectivity index (χ2n) is 7.51. The number of hydrogen-bond acceptors (Lipinski definition) is 6. The summed E-state index contributed by atoms with van der Waals surface area (Å²) < 4.78 is 17.1. The van der Waals surface area contributed by atoms with Gasteiger partial charge in [-0.1, -0.05) is 24.3 Å². The first-order chi connectivity index (χ1) is 16.5. The number of rotatable bonds is 7. The van der Waals surface area contributed by atoms with Crippen molar-refractivity contribution >= 4 is 34.9 Å². The summed E-state index contributed by atoms with van der Waals surface area (Å²) in [4.78, 5) is 40.8. The van der Waals surface area contributed by atoms with E-state index in [9.17, 15) is 14.4 Å². The maximum Gasteiger partial charge on any atom is 0.506 e. The fraction of sp³-hybridized carbons (Fsp3) is 0.200. The van der Waals surface area contributed by atoms with Crippen LogP contribution in [-0.2, 0) is 9.59 Å². The molecule has 9 nitrogen and oxygen atoms in total. The molecule has 1 atom stereocenters. The summed E-state index contributed by atoms with van der Waals surface area (Å²) in [5, 5.41) is 2.77. The maximum atomic E-state index is 13.6. The van der Waals surface area contributed by atoms with Gasteiger partial charge in [0, 0.05) is 17.8 Å². The highest BCUT2D eigenvalue weighted by molar-refractivity contribution is 6.26. The highest BCUT2D eigenvalue weighted by atomic mass is 16.5. The molecule has 4 rings (SSSR count). The number of carbonyl (C=O) groups excluding carboxylic acids is 3. The van der Waals surface area contributed by atoms with Crippen LogP contribution in [-0.4, -0.2) is 56.0 Å². The van der Waals surface area contributed by atoms with Gasteiger partial charge in [-0.3, -0.25) is 4.79 Å². The van der Waals surface area contributed by atoms with Crippen molar-refractivity contribution in [3.05, 3.63) is 66.8 Å². The van der Waals surface area contributed by atoms with E-state index in [1.807, 2.05) is 0 Å². The molecule has 0 spiro atoms. The number of urea groups is 1. The van der Waals surface area contributed by atoms with Crippen molar-refractivity contribution in [2.75, 3.05) is 38.1 Å². The summed E-state index contributed by atoms with van der Waals surface area (Å²) in [6.45, 7) is -0.289. The second-order valence-corrected chi connectivity index (χ2v) is 7.51. The van der Waals surface area contributed by atoms with Crippen LogP contribution in [0, 0.1) is 5.92 Å². The van der Waals surface area contributed by atoms with E-state index in [0.717, 1.165) is 4.90 Å². The lowest BCUT2D eigenvalue weighted by molar-refractivity contribution is -0.416. The third kappa shape index (κ3) is 4.27. The van der Waals surface area contributed by atoms with E-state index in [1.54, 1.807) is 66.8 Å². The van der Waals surface area contributed by atoms with E-state index in [1.165, 1.54) is 25.9 Å². The highest BCUT2D eigenvalue weighted by Crippen LogP contribution is 2.35. The first-order valence-corrected chi connectivity index (χ1v) is 10.5. The van der Waals surface area contributed by atoms with Gasteiger partial charge < -0.3 is 19.5 Å². The number of fused-ring (bicyclic) bond motifs is 1. The Hall–Kier alpha value is -4.40. The zero-order chi connectivity index (χ0) is 24.2. The highest BCUT2D eigenvalue weighted by Gasteiger charge is 2.49. The van der Waals surface area contributed by atoms with Crippen LogP contribution in [0.5, 0.6) is 17.2 Å². The molecule has 34 heavy (non-hydrogen) atoms. The topological polar surface area (TPSA) is 97.2 Å². The van der Waals surface area contributed by atoms with Crippen molar-refractivity contribution in [3.63, 3.8) is 0 Å². The number of benzene rings is 2. The van der Waals surface area contributed by atoms with Crippen LogP contribution in [0.2, 0.25) is 0 Å². The molecule has 4 amide bonds. The average molecular weight is 462 g/mol. The van der Waals surface area contributed by atoms with Gasteiger partial charge >= 0.3 is 11.9 Å². The number of methoxy groups -OCH3 is 3. The van der Waals surface area contributed by atoms with E-state index in [0.29, 0.717) is 28.6 Å². The first kappa shape index (κ1) is 22.8. The summed E-state index contributed by atoms with van der Waals surface area (Å²) in [6, 6.07) is 11.0. The smallest absolute Gasteiger partial charge is 0.497 e. The lowest BCUT2D eigenvalue weighted by Gasteiger charge is -2.27. The van der Waals surface area contributed by atoms with Gasteiger partial charge in [-0.25, -0.2) is 4.79 Å². The Morgan fingerprint density at radius 1 is 1.00 bits per heavy atom. The molecule has 0 radical (unpaired) electrons. The van der Waals surface area contributed by atoms with Crippen molar-refractivity contribution in [1.82, 2.24) is 0 Å². The average Bonchev–Trinajstić information content (AvgIpc) is 2.86. The normalized spacial score (nSPS) is 16.9. The number of ether oxygens (including phenoxy) is 3. The van der Waals surface area contributed by atoms with Crippen molar-refractivity contribution in [2.45, 2.75) is 0 Å². The van der Waals surface area contributed by atoms with Crippen molar-refractivity contribution < 1.29 is 33.2 Å². The standard InChI is InChI=1S/C25H23N3O6/c1-32-17-8-6-7-16(13-17)26-23(29)15-27-20-10-5-4-9-19(20)24(30)28(25(27)31)21-12-11-18(33-2)14-22(21)34-3/h4-14,19H,15H2,1-3H3/p+1. The van der Waals surface area contributed by atoms with Crippen LogP contribution in [0.3, 0.4) is 0 Å². The molecular formula is C25H24N3O6+. The van der Waals surface area contributed by atoms with Crippen LogP contribution in [0.25, 0.3) is 0 Å². The minimum Gasteiger partial charge on any atom is -0.497 e. The van der Waals surface area contributed by atoms with Crippen LogP contribution < -0.4 is 24.4 Å². The Labute approximate surface area is 196 Å². The predicted molar refractivity (Wildman–Crippen MR) is 126 cm³/mol. The number of carbonyl (C=O) groups is 3. The maximum absolute atomic E-state index is 13.6. The van der Waals surface area contributed by atoms with Crippen molar-refractivity contribution in [3.8, 4) is 17.2 Å². The molecule has 2 aromatic carbocycles. The molecular weight excluding hydrogens is 438 g/mol. The minimum atomic E-state index is -0.723. The number of nitrogens with zero attached hydrogens (tertiary/aromatic N) is 2. The minimum absolute atomic E-state index is 0.263. The quantitative estimate of drug-likeness (QED) is 0.636. The molecule has 2 aromatic rings. The molecule has 0 bridgehead atoms. The number of imide groups is 1. The number of allylic oxidation sites excluding steroid dienone is 3. The SMILES string of the molecule is COc1cccc(NC(=O)C[N+]2=C3C=CC=CC3C(=O)N(c3ccc(OC)cc3OC)C2=O)c1. The molecule has 1 unspecified atom stereocenters. The molecule has 1 aliphatic carbocycles. The third-order valence-electron chi connectivity index (χ3n) is 5.50. The number of anilines is 2. The second kappa shape index (κ2) is 9.62. The zero-order valence-corrected chi connectivity index (χ0v) is 19.0. The fourth-order valence-electron chi connectivity index (χ4n) is 3.86. The van der Waals surface area contributed by atoms with E-state index < -0.39 is 23.8 Å². The van der Waals surface area contributed by atoms with Gasteiger partial charge in [-0.05, 0) is 30.3 Å². The summed E-state index contributed by atoms with van der Waals surface area (Å²) in [5.41, 5.74) is 1.22. The molecule has 2 aliphatic rings. The first-order valence-electron chi connectivity index (χ1n) is 10.5. The van der Waals surface area contributed by atoms with Crippen LogP contribution >= 0.6 is 0 Å². The summed E-state index contributed by atoms with van der Waals surface area (Å²) in [6.07, 6.45) is 6.82. The Bertz CT molecular complexity index is 1250. The van der Waals surface area contributed by atoms with Crippen LogP contribution in [0.15, 0.2) is 66.8 Å².